The number of ether oxygens (including phenoxy) is 3. The minimum Gasteiger partial charge on any atom is -0.497 e. The normalized spacial score (nSPS) is 20.0. The first-order valence-corrected chi connectivity index (χ1v) is 6.23. The molecule has 19 heavy (non-hydrogen) atoms. The zero-order chi connectivity index (χ0) is 13.8. The number of aliphatic carboxylic acids is 1. The Morgan fingerprint density at radius 3 is 2.74 bits per heavy atom. The van der Waals surface area contributed by atoms with Crippen LogP contribution in [0.5, 0.6) is 11.5 Å². The zero-order valence-corrected chi connectivity index (χ0v) is 11.1. The number of hydrogen-bond donors (Lipinski definition) is 1. The second kappa shape index (κ2) is 5.93. The lowest BCUT2D eigenvalue weighted by Gasteiger charge is -2.21. The van der Waals surface area contributed by atoms with Gasteiger partial charge in [0.1, 0.15) is 17.4 Å². The van der Waals surface area contributed by atoms with Gasteiger partial charge in [0.05, 0.1) is 20.3 Å². The third-order valence-electron chi connectivity index (χ3n) is 3.37. The second-order valence-electron chi connectivity index (χ2n) is 4.48. The SMILES string of the molecule is COc1ccc(OC)c(C(C(=O)O)C2CCCO2)c1. The van der Waals surface area contributed by atoms with Gasteiger partial charge >= 0.3 is 5.97 Å². The molecule has 1 aromatic rings. The molecule has 2 unspecified atom stereocenters. The summed E-state index contributed by atoms with van der Waals surface area (Å²) >= 11 is 0. The number of hydrogen-bond acceptors (Lipinski definition) is 4. The zero-order valence-electron chi connectivity index (χ0n) is 11.1. The molecule has 0 aromatic heterocycles. The highest BCUT2D eigenvalue weighted by Crippen LogP contribution is 2.36. The lowest BCUT2D eigenvalue weighted by molar-refractivity contribution is -0.142. The van der Waals surface area contributed by atoms with Crippen molar-refractivity contribution in [1.82, 2.24) is 0 Å². The Balaban J connectivity index is 2.41. The summed E-state index contributed by atoms with van der Waals surface area (Å²) in [6.45, 7) is 0.612. The van der Waals surface area contributed by atoms with Crippen LogP contribution in [0.1, 0.15) is 24.3 Å². The van der Waals surface area contributed by atoms with Crippen molar-refractivity contribution < 1.29 is 24.1 Å². The highest BCUT2D eigenvalue weighted by Gasteiger charge is 2.35. The van der Waals surface area contributed by atoms with E-state index in [0.717, 1.165) is 12.8 Å². The van der Waals surface area contributed by atoms with Crippen molar-refractivity contribution in [3.8, 4) is 11.5 Å². The van der Waals surface area contributed by atoms with Gasteiger partial charge in [-0.2, -0.15) is 0 Å². The molecule has 1 saturated heterocycles. The summed E-state index contributed by atoms with van der Waals surface area (Å²) in [5.41, 5.74) is 0.598. The Hall–Kier alpha value is -1.75. The predicted molar refractivity (Wildman–Crippen MR) is 68.9 cm³/mol. The Bertz CT molecular complexity index is 451. The van der Waals surface area contributed by atoms with Crippen LogP contribution in [0.2, 0.25) is 0 Å². The topological polar surface area (TPSA) is 65.0 Å². The van der Waals surface area contributed by atoms with Gasteiger partial charge in [-0.15, -0.1) is 0 Å². The van der Waals surface area contributed by atoms with Crippen LogP contribution < -0.4 is 9.47 Å². The molecule has 0 spiro atoms. The maximum Gasteiger partial charge on any atom is 0.313 e. The first-order valence-electron chi connectivity index (χ1n) is 6.23. The van der Waals surface area contributed by atoms with E-state index in [-0.39, 0.29) is 6.10 Å². The van der Waals surface area contributed by atoms with E-state index in [9.17, 15) is 9.90 Å². The molecule has 2 atom stereocenters. The molecule has 1 heterocycles. The van der Waals surface area contributed by atoms with E-state index in [1.807, 2.05) is 0 Å². The summed E-state index contributed by atoms with van der Waals surface area (Å²) in [5, 5.41) is 9.49. The lowest BCUT2D eigenvalue weighted by Crippen LogP contribution is -2.26. The van der Waals surface area contributed by atoms with Gasteiger partial charge < -0.3 is 19.3 Å². The molecule has 0 aliphatic carbocycles. The first kappa shape index (κ1) is 13.7. The number of carbonyl (C=O) groups is 1. The number of carboxylic acid groups (broad SMARTS) is 1. The molecule has 1 aromatic carbocycles. The highest BCUT2D eigenvalue weighted by molar-refractivity contribution is 5.78. The van der Waals surface area contributed by atoms with Crippen LogP contribution in [-0.2, 0) is 9.53 Å². The first-order chi connectivity index (χ1) is 9.17. The van der Waals surface area contributed by atoms with Crippen molar-refractivity contribution in [3.05, 3.63) is 23.8 Å². The highest BCUT2D eigenvalue weighted by atomic mass is 16.5. The molecular weight excluding hydrogens is 248 g/mol. The number of rotatable bonds is 5. The fourth-order valence-corrected chi connectivity index (χ4v) is 2.44. The molecule has 5 heteroatoms. The van der Waals surface area contributed by atoms with Crippen molar-refractivity contribution in [1.29, 1.82) is 0 Å². The van der Waals surface area contributed by atoms with E-state index in [1.165, 1.54) is 7.11 Å². The van der Waals surface area contributed by atoms with Gasteiger partial charge in [-0.1, -0.05) is 0 Å². The predicted octanol–water partition coefficient (Wildman–Crippen LogP) is 2.05. The average Bonchev–Trinajstić information content (AvgIpc) is 2.92. The Labute approximate surface area is 112 Å². The molecule has 104 valence electrons. The summed E-state index contributed by atoms with van der Waals surface area (Å²) < 4.78 is 15.9. The third kappa shape index (κ3) is 2.81. The smallest absolute Gasteiger partial charge is 0.313 e. The second-order valence-corrected chi connectivity index (χ2v) is 4.48. The molecule has 1 N–H and O–H groups in total. The van der Waals surface area contributed by atoms with Gasteiger partial charge in [-0.3, -0.25) is 4.79 Å². The van der Waals surface area contributed by atoms with E-state index in [2.05, 4.69) is 0 Å². The van der Waals surface area contributed by atoms with Crippen LogP contribution in [-0.4, -0.2) is 38.0 Å². The molecule has 1 aliphatic rings. The van der Waals surface area contributed by atoms with Gasteiger partial charge in [0, 0.05) is 12.2 Å². The minimum absolute atomic E-state index is 0.307. The van der Waals surface area contributed by atoms with Gasteiger partial charge in [0.15, 0.2) is 0 Å². The van der Waals surface area contributed by atoms with Crippen molar-refractivity contribution in [3.63, 3.8) is 0 Å². The monoisotopic (exact) mass is 266 g/mol. The quantitative estimate of drug-likeness (QED) is 0.883. The van der Waals surface area contributed by atoms with Crippen LogP contribution in [0.25, 0.3) is 0 Å². The van der Waals surface area contributed by atoms with Gasteiger partial charge in [-0.05, 0) is 31.0 Å². The molecule has 5 nitrogen and oxygen atoms in total. The third-order valence-corrected chi connectivity index (χ3v) is 3.37. The number of carboxylic acids is 1. The van der Waals surface area contributed by atoms with E-state index in [4.69, 9.17) is 14.2 Å². The Morgan fingerprint density at radius 1 is 1.42 bits per heavy atom. The maximum absolute atomic E-state index is 11.6. The molecule has 0 radical (unpaired) electrons. The van der Waals surface area contributed by atoms with E-state index >= 15 is 0 Å². The van der Waals surface area contributed by atoms with Crippen LogP contribution >= 0.6 is 0 Å². The Morgan fingerprint density at radius 2 is 2.21 bits per heavy atom. The summed E-state index contributed by atoms with van der Waals surface area (Å²) in [5.74, 6) is -0.477. The number of benzene rings is 1. The van der Waals surface area contributed by atoms with Crippen molar-refractivity contribution in [2.45, 2.75) is 24.9 Å². The molecular formula is C14H18O5. The molecule has 0 saturated carbocycles. The Kier molecular flexibility index (Phi) is 4.27. The van der Waals surface area contributed by atoms with Crippen molar-refractivity contribution in [2.75, 3.05) is 20.8 Å². The van der Waals surface area contributed by atoms with Gasteiger partial charge in [-0.25, -0.2) is 0 Å². The van der Waals surface area contributed by atoms with E-state index in [0.29, 0.717) is 23.7 Å². The fraction of sp³-hybridized carbons (Fsp3) is 0.500. The van der Waals surface area contributed by atoms with Crippen LogP contribution in [0.15, 0.2) is 18.2 Å². The number of methoxy groups -OCH3 is 2. The summed E-state index contributed by atoms with van der Waals surface area (Å²) in [7, 11) is 3.08. The molecule has 2 rings (SSSR count). The standard InChI is InChI=1S/C14H18O5/c1-17-9-5-6-11(18-2)10(8-9)13(14(15)16)12-4-3-7-19-12/h5-6,8,12-13H,3-4,7H2,1-2H3,(H,15,16). The lowest BCUT2D eigenvalue weighted by atomic mass is 9.91. The van der Waals surface area contributed by atoms with Crippen molar-refractivity contribution >= 4 is 5.97 Å². The summed E-state index contributed by atoms with van der Waals surface area (Å²) in [6, 6.07) is 5.18. The van der Waals surface area contributed by atoms with Gasteiger partial charge in [0.25, 0.3) is 0 Å². The van der Waals surface area contributed by atoms with Crippen LogP contribution in [0, 0.1) is 0 Å². The van der Waals surface area contributed by atoms with Gasteiger partial charge in [0.2, 0.25) is 0 Å². The van der Waals surface area contributed by atoms with Crippen LogP contribution in [0.3, 0.4) is 0 Å². The molecule has 0 amide bonds. The molecule has 1 aliphatic heterocycles. The molecule has 1 fully saturated rings. The fourth-order valence-electron chi connectivity index (χ4n) is 2.44. The maximum atomic E-state index is 11.6. The molecule has 0 bridgehead atoms. The minimum atomic E-state index is -0.904. The average molecular weight is 266 g/mol. The largest absolute Gasteiger partial charge is 0.497 e. The van der Waals surface area contributed by atoms with Crippen LogP contribution in [0.4, 0.5) is 0 Å². The summed E-state index contributed by atoms with van der Waals surface area (Å²) in [6.07, 6.45) is 1.33. The van der Waals surface area contributed by atoms with E-state index < -0.39 is 11.9 Å². The summed E-state index contributed by atoms with van der Waals surface area (Å²) in [4.78, 5) is 11.6. The van der Waals surface area contributed by atoms with Crippen molar-refractivity contribution in [2.24, 2.45) is 0 Å². The van der Waals surface area contributed by atoms with E-state index in [1.54, 1.807) is 25.3 Å².